The number of nitrogens with zero attached hydrogens (tertiary/aromatic N) is 8. The fourth-order valence-electron chi connectivity index (χ4n) is 4.10. The molecule has 1 aliphatic rings. The third-order valence-corrected chi connectivity index (χ3v) is 6.33. The molecule has 4 heterocycles. The van der Waals surface area contributed by atoms with Crippen molar-refractivity contribution in [3.63, 3.8) is 0 Å². The Morgan fingerprint density at radius 1 is 1.19 bits per heavy atom. The Labute approximate surface area is 208 Å². The Balaban J connectivity index is 1.26. The van der Waals surface area contributed by atoms with Crippen molar-refractivity contribution in [3.05, 3.63) is 72.1 Å². The molecule has 37 heavy (non-hydrogen) atoms. The summed E-state index contributed by atoms with van der Waals surface area (Å²) in [5.41, 5.74) is 4.44. The van der Waals surface area contributed by atoms with Gasteiger partial charge in [0.25, 0.3) is 11.8 Å². The van der Waals surface area contributed by atoms with Gasteiger partial charge in [-0.1, -0.05) is 6.07 Å². The van der Waals surface area contributed by atoms with Crippen LogP contribution < -0.4 is 5.32 Å². The number of benzene rings is 1. The number of carbonyl (C=O) groups excluding carboxylic acids is 1. The second-order valence-electron chi connectivity index (χ2n) is 8.93. The Bertz CT molecular complexity index is 1640. The van der Waals surface area contributed by atoms with E-state index in [4.69, 9.17) is 5.11 Å². The highest BCUT2D eigenvalue weighted by molar-refractivity contribution is 6.09. The van der Waals surface area contributed by atoms with Crippen LogP contribution in [0.1, 0.15) is 34.1 Å². The predicted octanol–water partition coefficient (Wildman–Crippen LogP) is 2.85. The van der Waals surface area contributed by atoms with E-state index in [0.717, 1.165) is 16.7 Å². The van der Waals surface area contributed by atoms with Crippen molar-refractivity contribution < 1.29 is 18.7 Å². The number of aliphatic hydroxyl groups is 1. The minimum Gasteiger partial charge on any atom is -0.394 e. The molecule has 11 nitrogen and oxygen atoms in total. The number of halogens is 2. The molecular weight excluding hydrogens is 484 g/mol. The number of alkyl halides is 2. The molecule has 0 bridgehead atoms. The van der Waals surface area contributed by atoms with Gasteiger partial charge in [0.1, 0.15) is 0 Å². The Kier molecular flexibility index (Phi) is 5.30. The van der Waals surface area contributed by atoms with Crippen molar-refractivity contribution in [2.24, 2.45) is 0 Å². The van der Waals surface area contributed by atoms with E-state index in [1.807, 2.05) is 25.3 Å². The Morgan fingerprint density at radius 2 is 2.03 bits per heavy atom. The first kappa shape index (κ1) is 22.9. The maximum atomic E-state index is 13.4. The van der Waals surface area contributed by atoms with Gasteiger partial charge in [-0.25, -0.2) is 13.3 Å². The van der Waals surface area contributed by atoms with Crippen LogP contribution in [-0.2, 0) is 6.54 Å². The monoisotopic (exact) mass is 505 g/mol. The summed E-state index contributed by atoms with van der Waals surface area (Å²) in [7, 11) is 0. The van der Waals surface area contributed by atoms with Crippen LogP contribution in [-0.4, -0.2) is 63.1 Å². The van der Waals surface area contributed by atoms with Crippen molar-refractivity contribution in [2.75, 3.05) is 11.9 Å². The number of hydrogen-bond donors (Lipinski definition) is 2. The van der Waals surface area contributed by atoms with Crippen LogP contribution >= 0.6 is 0 Å². The van der Waals surface area contributed by atoms with E-state index in [9.17, 15) is 13.6 Å². The van der Waals surface area contributed by atoms with Crippen LogP contribution in [0, 0.1) is 6.92 Å². The van der Waals surface area contributed by atoms with Gasteiger partial charge in [-0.2, -0.15) is 10.2 Å². The third-order valence-electron chi connectivity index (χ3n) is 6.33. The summed E-state index contributed by atoms with van der Waals surface area (Å²) in [6.07, 6.45) is 6.49. The molecule has 2 N–H and O–H groups in total. The van der Waals surface area contributed by atoms with Gasteiger partial charge in [0.15, 0.2) is 5.82 Å². The SMILES string of the molecule is Cc1ccc(-n2nnc([C@@H]3CC3(F)F)n2)cc1NC(=O)c1cnn2ccc(-c3cnn(CCO)c3)cc12. The first-order valence-corrected chi connectivity index (χ1v) is 11.5. The topological polar surface area (TPSA) is 128 Å². The molecule has 188 valence electrons. The molecule has 0 unspecified atom stereocenters. The molecule has 0 radical (unpaired) electrons. The smallest absolute Gasteiger partial charge is 0.259 e. The minimum atomic E-state index is -2.78. The molecule has 0 saturated heterocycles. The van der Waals surface area contributed by atoms with Crippen molar-refractivity contribution in [2.45, 2.75) is 31.7 Å². The number of hydrogen-bond acceptors (Lipinski definition) is 7. The van der Waals surface area contributed by atoms with Gasteiger partial charge < -0.3 is 10.4 Å². The van der Waals surface area contributed by atoms with Gasteiger partial charge in [0.05, 0.1) is 48.2 Å². The average Bonchev–Trinajstić information content (AvgIpc) is 3.37. The zero-order chi connectivity index (χ0) is 25.7. The number of fused-ring (bicyclic) bond motifs is 1. The summed E-state index contributed by atoms with van der Waals surface area (Å²) in [5, 5.41) is 32.3. The molecule has 1 amide bonds. The lowest BCUT2D eigenvalue weighted by molar-refractivity contribution is 0.102. The van der Waals surface area contributed by atoms with Crippen LogP contribution in [0.25, 0.3) is 22.3 Å². The van der Waals surface area contributed by atoms with E-state index in [1.165, 1.54) is 11.0 Å². The number of rotatable bonds is 7. The van der Waals surface area contributed by atoms with Gasteiger partial charge >= 0.3 is 0 Å². The highest BCUT2D eigenvalue weighted by Gasteiger charge is 2.60. The molecule has 1 saturated carbocycles. The number of pyridine rings is 1. The summed E-state index contributed by atoms with van der Waals surface area (Å²) in [5.74, 6) is -4.15. The van der Waals surface area contributed by atoms with Crippen LogP contribution in [0.15, 0.2) is 55.1 Å². The van der Waals surface area contributed by atoms with Gasteiger partial charge in [-0.15, -0.1) is 15.0 Å². The van der Waals surface area contributed by atoms with E-state index < -0.39 is 11.8 Å². The molecule has 1 fully saturated rings. The largest absolute Gasteiger partial charge is 0.394 e. The summed E-state index contributed by atoms with van der Waals surface area (Å²) < 4.78 is 30.0. The fraction of sp³-hybridized carbons (Fsp3) is 0.250. The zero-order valence-electron chi connectivity index (χ0n) is 19.6. The molecule has 1 atom stereocenters. The first-order chi connectivity index (χ1) is 17.8. The van der Waals surface area contributed by atoms with Gasteiger partial charge in [-0.05, 0) is 47.5 Å². The number of tetrazole rings is 1. The van der Waals surface area contributed by atoms with Gasteiger partial charge in [0, 0.05) is 30.1 Å². The highest BCUT2D eigenvalue weighted by Crippen LogP contribution is 2.54. The molecular formula is C24H21F2N9O2. The quantitative estimate of drug-likeness (QED) is 0.348. The fourth-order valence-corrected chi connectivity index (χ4v) is 4.10. The maximum absolute atomic E-state index is 13.4. The number of nitrogens with one attached hydrogen (secondary N) is 1. The molecule has 5 aromatic rings. The second-order valence-corrected chi connectivity index (χ2v) is 8.93. The molecule has 4 aromatic heterocycles. The molecule has 0 aliphatic heterocycles. The lowest BCUT2D eigenvalue weighted by Gasteiger charge is -2.10. The molecule has 13 heteroatoms. The molecule has 1 aliphatic carbocycles. The van der Waals surface area contributed by atoms with E-state index in [1.54, 1.807) is 39.8 Å². The van der Waals surface area contributed by atoms with Gasteiger partial charge in [-0.3, -0.25) is 9.48 Å². The predicted molar refractivity (Wildman–Crippen MR) is 128 cm³/mol. The third kappa shape index (κ3) is 4.22. The highest BCUT2D eigenvalue weighted by atomic mass is 19.3. The van der Waals surface area contributed by atoms with Crippen molar-refractivity contribution in [1.82, 2.24) is 39.6 Å². The summed E-state index contributed by atoms with van der Waals surface area (Å²) in [4.78, 5) is 14.4. The minimum absolute atomic E-state index is 0.000207. The summed E-state index contributed by atoms with van der Waals surface area (Å²) >= 11 is 0. The van der Waals surface area contributed by atoms with Crippen LogP contribution in [0.3, 0.4) is 0 Å². The number of aliphatic hydroxyl groups excluding tert-OH is 1. The van der Waals surface area contributed by atoms with E-state index >= 15 is 0 Å². The van der Waals surface area contributed by atoms with Crippen molar-refractivity contribution in [3.8, 4) is 16.8 Å². The van der Waals surface area contributed by atoms with Gasteiger partial charge in [0.2, 0.25) is 0 Å². The average molecular weight is 505 g/mol. The number of carbonyl (C=O) groups is 1. The zero-order valence-corrected chi connectivity index (χ0v) is 19.6. The number of aromatic nitrogens is 8. The normalized spacial score (nSPS) is 16.3. The number of anilines is 1. The summed E-state index contributed by atoms with van der Waals surface area (Å²) in [6.45, 7) is 2.21. The summed E-state index contributed by atoms with van der Waals surface area (Å²) in [6, 6.07) is 8.88. The Morgan fingerprint density at radius 3 is 2.81 bits per heavy atom. The maximum Gasteiger partial charge on any atom is 0.259 e. The van der Waals surface area contributed by atoms with Crippen LogP contribution in [0.5, 0.6) is 0 Å². The molecule has 1 aromatic carbocycles. The second kappa shape index (κ2) is 8.55. The number of amides is 1. The lowest BCUT2D eigenvalue weighted by Crippen LogP contribution is -2.13. The van der Waals surface area contributed by atoms with Crippen LogP contribution in [0.4, 0.5) is 14.5 Å². The molecule has 6 rings (SSSR count). The van der Waals surface area contributed by atoms with Crippen LogP contribution in [0.2, 0.25) is 0 Å². The Hall–Kier alpha value is -4.52. The van der Waals surface area contributed by atoms with E-state index in [0.29, 0.717) is 29.0 Å². The standard InChI is InChI=1S/C24H21F2N9O2/c1-14-2-3-17(35-31-22(30-32-35)19-10-24(19,25)26)9-20(14)29-23(37)18-12-28-34-5-4-15(8-21(18)34)16-11-27-33(13-16)6-7-36/h2-5,8-9,11-13,19,36H,6-7,10H2,1H3,(H,29,37)/t19-/m0/s1. The number of aryl methyl sites for hydroxylation is 1. The van der Waals surface area contributed by atoms with E-state index in [2.05, 4.69) is 30.9 Å². The van der Waals surface area contributed by atoms with E-state index in [-0.39, 0.29) is 24.8 Å². The lowest BCUT2D eigenvalue weighted by atomic mass is 10.1. The molecule has 0 spiro atoms. The first-order valence-electron chi connectivity index (χ1n) is 11.5. The van der Waals surface area contributed by atoms with Crippen molar-refractivity contribution >= 4 is 17.1 Å². The van der Waals surface area contributed by atoms with Crippen molar-refractivity contribution in [1.29, 1.82) is 0 Å².